The number of hydrogen-bond donors (Lipinski definition) is 2. The zero-order chi connectivity index (χ0) is 8.91. The van der Waals surface area contributed by atoms with E-state index in [1.807, 2.05) is 7.05 Å². The van der Waals surface area contributed by atoms with E-state index in [1.165, 1.54) is 0 Å². The zero-order valence-corrected chi connectivity index (χ0v) is 8.49. The number of hydrogen-bond acceptors (Lipinski definition) is 2. The van der Waals surface area contributed by atoms with Gasteiger partial charge < -0.3 is 10.6 Å². The molecule has 0 rings (SSSR count). The second kappa shape index (κ2) is 4.73. The Labute approximate surface area is 70.8 Å². The monoisotopic (exact) mass is 158 g/mol. The van der Waals surface area contributed by atoms with Gasteiger partial charge in [-0.2, -0.15) is 0 Å². The maximum absolute atomic E-state index is 3.47. The van der Waals surface area contributed by atoms with E-state index in [0.717, 1.165) is 13.1 Å². The highest BCUT2D eigenvalue weighted by Crippen LogP contribution is 2.00. The Morgan fingerprint density at radius 2 is 1.73 bits per heavy atom. The molecule has 0 saturated heterocycles. The van der Waals surface area contributed by atoms with Crippen molar-refractivity contribution in [1.82, 2.24) is 10.6 Å². The SMILES string of the molecule is CNCC(C)CNC(C)(C)C. The fraction of sp³-hybridized carbons (Fsp3) is 1.00. The quantitative estimate of drug-likeness (QED) is 0.643. The average Bonchev–Trinajstić information content (AvgIpc) is 1.83. The third-order valence-corrected chi connectivity index (χ3v) is 1.53. The molecular formula is C9H22N2. The lowest BCUT2D eigenvalue weighted by Gasteiger charge is -2.23. The van der Waals surface area contributed by atoms with Crippen molar-refractivity contribution in [3.05, 3.63) is 0 Å². The van der Waals surface area contributed by atoms with Crippen molar-refractivity contribution >= 4 is 0 Å². The van der Waals surface area contributed by atoms with Crippen molar-refractivity contribution in [3.63, 3.8) is 0 Å². The van der Waals surface area contributed by atoms with Gasteiger partial charge in [-0.15, -0.1) is 0 Å². The Balaban J connectivity index is 3.38. The minimum absolute atomic E-state index is 0.252. The molecule has 0 heterocycles. The average molecular weight is 158 g/mol. The molecule has 0 aromatic heterocycles. The van der Waals surface area contributed by atoms with Crippen molar-refractivity contribution in [2.75, 3.05) is 20.1 Å². The van der Waals surface area contributed by atoms with Gasteiger partial charge in [-0.25, -0.2) is 0 Å². The number of rotatable bonds is 4. The van der Waals surface area contributed by atoms with Gasteiger partial charge in [0.2, 0.25) is 0 Å². The van der Waals surface area contributed by atoms with Crippen molar-refractivity contribution in [2.24, 2.45) is 5.92 Å². The molecule has 0 spiro atoms. The summed E-state index contributed by atoms with van der Waals surface area (Å²) in [6.07, 6.45) is 0. The molecule has 11 heavy (non-hydrogen) atoms. The van der Waals surface area contributed by atoms with Crippen LogP contribution in [0.2, 0.25) is 0 Å². The van der Waals surface area contributed by atoms with Gasteiger partial charge in [0, 0.05) is 5.54 Å². The van der Waals surface area contributed by atoms with Crippen molar-refractivity contribution in [1.29, 1.82) is 0 Å². The Morgan fingerprint density at radius 3 is 2.09 bits per heavy atom. The summed E-state index contributed by atoms with van der Waals surface area (Å²) in [7, 11) is 1.99. The molecule has 0 aliphatic heterocycles. The fourth-order valence-corrected chi connectivity index (χ4v) is 0.901. The minimum atomic E-state index is 0.252. The topological polar surface area (TPSA) is 24.1 Å². The molecule has 0 radical (unpaired) electrons. The Bertz CT molecular complexity index is 94.2. The van der Waals surface area contributed by atoms with Crippen LogP contribution in [0.3, 0.4) is 0 Å². The first-order valence-electron chi connectivity index (χ1n) is 4.35. The lowest BCUT2D eigenvalue weighted by atomic mass is 10.1. The van der Waals surface area contributed by atoms with Gasteiger partial charge in [-0.05, 0) is 46.8 Å². The van der Waals surface area contributed by atoms with Gasteiger partial charge in [-0.1, -0.05) is 6.92 Å². The molecule has 1 unspecified atom stereocenters. The van der Waals surface area contributed by atoms with E-state index in [9.17, 15) is 0 Å². The van der Waals surface area contributed by atoms with Gasteiger partial charge in [0.05, 0.1) is 0 Å². The molecule has 2 N–H and O–H groups in total. The van der Waals surface area contributed by atoms with Crippen molar-refractivity contribution in [3.8, 4) is 0 Å². The molecule has 68 valence electrons. The summed E-state index contributed by atoms with van der Waals surface area (Å²) in [5.41, 5.74) is 0.252. The Kier molecular flexibility index (Phi) is 4.69. The standard InChI is InChI=1S/C9H22N2/c1-8(6-10-5)7-11-9(2,3)4/h8,10-11H,6-7H2,1-5H3. The Morgan fingerprint density at radius 1 is 1.18 bits per heavy atom. The molecule has 2 heteroatoms. The predicted octanol–water partition coefficient (Wildman–Crippen LogP) is 1.23. The van der Waals surface area contributed by atoms with Crippen LogP contribution in [0.4, 0.5) is 0 Å². The number of nitrogens with one attached hydrogen (secondary N) is 2. The van der Waals surface area contributed by atoms with Crippen LogP contribution in [0.25, 0.3) is 0 Å². The molecule has 0 aromatic rings. The normalized spacial score (nSPS) is 15.0. The summed E-state index contributed by atoms with van der Waals surface area (Å²) >= 11 is 0. The van der Waals surface area contributed by atoms with Crippen molar-refractivity contribution in [2.45, 2.75) is 33.2 Å². The third kappa shape index (κ3) is 7.82. The van der Waals surface area contributed by atoms with Crippen LogP contribution in [-0.4, -0.2) is 25.7 Å². The van der Waals surface area contributed by atoms with Crippen LogP contribution >= 0.6 is 0 Å². The van der Waals surface area contributed by atoms with E-state index in [4.69, 9.17) is 0 Å². The first-order valence-corrected chi connectivity index (χ1v) is 4.35. The molecule has 0 aliphatic rings. The fourth-order valence-electron chi connectivity index (χ4n) is 0.901. The van der Waals surface area contributed by atoms with Crippen LogP contribution in [0, 0.1) is 5.92 Å². The Hall–Kier alpha value is -0.0800. The summed E-state index contributed by atoms with van der Waals surface area (Å²) in [6.45, 7) is 11.0. The second-order valence-corrected chi connectivity index (χ2v) is 4.29. The highest BCUT2D eigenvalue weighted by atomic mass is 15.0. The second-order valence-electron chi connectivity index (χ2n) is 4.29. The summed E-state index contributed by atoms with van der Waals surface area (Å²) in [4.78, 5) is 0. The van der Waals surface area contributed by atoms with E-state index in [2.05, 4.69) is 38.3 Å². The van der Waals surface area contributed by atoms with Gasteiger partial charge in [0.1, 0.15) is 0 Å². The molecule has 0 amide bonds. The molecule has 0 aliphatic carbocycles. The first-order chi connectivity index (χ1) is 4.95. The van der Waals surface area contributed by atoms with E-state index in [1.54, 1.807) is 0 Å². The third-order valence-electron chi connectivity index (χ3n) is 1.53. The van der Waals surface area contributed by atoms with Crippen LogP contribution in [0.5, 0.6) is 0 Å². The maximum atomic E-state index is 3.47. The van der Waals surface area contributed by atoms with Crippen LogP contribution in [0.15, 0.2) is 0 Å². The van der Waals surface area contributed by atoms with Gasteiger partial charge in [0.25, 0.3) is 0 Å². The van der Waals surface area contributed by atoms with E-state index >= 15 is 0 Å². The molecule has 2 nitrogen and oxygen atoms in total. The lowest BCUT2D eigenvalue weighted by molar-refractivity contribution is 0.378. The van der Waals surface area contributed by atoms with E-state index < -0.39 is 0 Å². The van der Waals surface area contributed by atoms with Crippen molar-refractivity contribution < 1.29 is 0 Å². The van der Waals surface area contributed by atoms with Crippen LogP contribution < -0.4 is 10.6 Å². The van der Waals surface area contributed by atoms with Gasteiger partial charge in [-0.3, -0.25) is 0 Å². The minimum Gasteiger partial charge on any atom is -0.319 e. The molecule has 0 aromatic carbocycles. The maximum Gasteiger partial charge on any atom is 0.00966 e. The van der Waals surface area contributed by atoms with E-state index in [0.29, 0.717) is 5.92 Å². The summed E-state index contributed by atoms with van der Waals surface area (Å²) in [5, 5.41) is 6.63. The molecule has 0 fully saturated rings. The molecule has 1 atom stereocenters. The first kappa shape index (κ1) is 10.9. The largest absolute Gasteiger partial charge is 0.319 e. The molecule has 0 bridgehead atoms. The summed E-state index contributed by atoms with van der Waals surface area (Å²) in [6, 6.07) is 0. The predicted molar refractivity (Wildman–Crippen MR) is 50.8 cm³/mol. The zero-order valence-electron chi connectivity index (χ0n) is 8.49. The van der Waals surface area contributed by atoms with Crippen LogP contribution in [-0.2, 0) is 0 Å². The molecule has 0 saturated carbocycles. The highest BCUT2D eigenvalue weighted by Gasteiger charge is 2.09. The lowest BCUT2D eigenvalue weighted by Crippen LogP contribution is -2.40. The van der Waals surface area contributed by atoms with Gasteiger partial charge in [0.15, 0.2) is 0 Å². The highest BCUT2D eigenvalue weighted by molar-refractivity contribution is 4.72. The van der Waals surface area contributed by atoms with Crippen LogP contribution in [0.1, 0.15) is 27.7 Å². The van der Waals surface area contributed by atoms with Gasteiger partial charge >= 0.3 is 0 Å². The molecular weight excluding hydrogens is 136 g/mol. The summed E-state index contributed by atoms with van der Waals surface area (Å²) in [5.74, 6) is 0.708. The smallest absolute Gasteiger partial charge is 0.00966 e. The van der Waals surface area contributed by atoms with E-state index in [-0.39, 0.29) is 5.54 Å². The summed E-state index contributed by atoms with van der Waals surface area (Å²) < 4.78 is 0.